The van der Waals surface area contributed by atoms with Gasteiger partial charge in [0.2, 0.25) is 0 Å². The summed E-state index contributed by atoms with van der Waals surface area (Å²) in [6, 6.07) is 6.92. The van der Waals surface area contributed by atoms with Crippen molar-refractivity contribution in [2.75, 3.05) is 5.73 Å². The van der Waals surface area contributed by atoms with Gasteiger partial charge in [0.15, 0.2) is 5.82 Å². The highest BCUT2D eigenvalue weighted by molar-refractivity contribution is 6.39. The van der Waals surface area contributed by atoms with Gasteiger partial charge in [-0.2, -0.15) is 5.10 Å². The first-order valence-corrected chi connectivity index (χ1v) is 6.88. The van der Waals surface area contributed by atoms with Gasteiger partial charge in [0, 0.05) is 24.9 Å². The van der Waals surface area contributed by atoms with E-state index in [4.69, 9.17) is 28.9 Å². The highest BCUT2D eigenvalue weighted by Crippen LogP contribution is 2.33. The highest BCUT2D eigenvalue weighted by Gasteiger charge is 2.14. The minimum absolute atomic E-state index is 0.342. The second kappa shape index (κ2) is 5.35. The summed E-state index contributed by atoms with van der Waals surface area (Å²) in [6.07, 6.45) is 3.56. The van der Waals surface area contributed by atoms with Crippen molar-refractivity contribution in [3.8, 4) is 22.6 Å². The van der Waals surface area contributed by atoms with Crippen molar-refractivity contribution in [3.05, 3.63) is 46.7 Å². The lowest BCUT2D eigenvalue weighted by Crippen LogP contribution is -1.98. The summed E-state index contributed by atoms with van der Waals surface area (Å²) in [6.45, 7) is 0. The molecule has 0 spiro atoms. The Kier molecular flexibility index (Phi) is 3.53. The Morgan fingerprint density at radius 1 is 1.14 bits per heavy atom. The number of hydrogen-bond donors (Lipinski definition) is 1. The van der Waals surface area contributed by atoms with E-state index in [2.05, 4.69) is 15.1 Å². The number of nitrogen functional groups attached to an aromatic ring is 1. The second-order valence-electron chi connectivity index (χ2n) is 4.50. The molecule has 0 aliphatic rings. The van der Waals surface area contributed by atoms with Gasteiger partial charge in [-0.3, -0.25) is 4.68 Å². The topological polar surface area (TPSA) is 69.6 Å². The molecule has 1 aromatic carbocycles. The fourth-order valence-electron chi connectivity index (χ4n) is 1.99. The van der Waals surface area contributed by atoms with Crippen molar-refractivity contribution in [2.45, 2.75) is 0 Å². The van der Waals surface area contributed by atoms with Crippen LogP contribution in [0.5, 0.6) is 0 Å². The molecule has 21 heavy (non-hydrogen) atoms. The predicted molar refractivity (Wildman–Crippen MR) is 84.1 cm³/mol. The van der Waals surface area contributed by atoms with E-state index in [0.29, 0.717) is 32.9 Å². The van der Waals surface area contributed by atoms with E-state index < -0.39 is 0 Å². The summed E-state index contributed by atoms with van der Waals surface area (Å²) < 4.78 is 1.69. The molecule has 0 unspecified atom stereocenters. The highest BCUT2D eigenvalue weighted by atomic mass is 35.5. The molecule has 0 radical (unpaired) electrons. The van der Waals surface area contributed by atoms with E-state index in [1.807, 2.05) is 13.2 Å². The van der Waals surface area contributed by atoms with E-state index in [1.165, 1.54) is 0 Å². The Labute approximate surface area is 131 Å². The molecule has 7 heteroatoms. The first kappa shape index (κ1) is 13.9. The van der Waals surface area contributed by atoms with Crippen LogP contribution in [-0.4, -0.2) is 19.7 Å². The molecule has 0 atom stereocenters. The van der Waals surface area contributed by atoms with Gasteiger partial charge in [-0.25, -0.2) is 9.97 Å². The normalized spacial score (nSPS) is 10.8. The molecule has 2 heterocycles. The molecule has 3 aromatic rings. The van der Waals surface area contributed by atoms with E-state index in [9.17, 15) is 0 Å². The molecule has 0 aliphatic heterocycles. The van der Waals surface area contributed by atoms with Gasteiger partial charge in [0.25, 0.3) is 0 Å². The maximum atomic E-state index is 6.20. The van der Waals surface area contributed by atoms with Crippen molar-refractivity contribution in [1.29, 1.82) is 0 Å². The summed E-state index contributed by atoms with van der Waals surface area (Å²) in [5, 5.41) is 5.08. The molecule has 2 aromatic heterocycles. The van der Waals surface area contributed by atoms with Gasteiger partial charge >= 0.3 is 0 Å². The molecule has 0 bridgehead atoms. The standard InChI is InChI=1S/C14H11Cl2N5/c1-21-7-8(6-18-21)11-5-12(17)20-14(19-11)13-9(15)3-2-4-10(13)16/h2-7H,1H3,(H2,17,19,20). The molecule has 106 valence electrons. The molecule has 5 nitrogen and oxygen atoms in total. The average molecular weight is 320 g/mol. The third-order valence-corrected chi connectivity index (χ3v) is 3.56. The van der Waals surface area contributed by atoms with Crippen LogP contribution in [0.3, 0.4) is 0 Å². The summed E-state index contributed by atoms with van der Waals surface area (Å²) in [5.74, 6) is 0.735. The number of benzene rings is 1. The maximum Gasteiger partial charge on any atom is 0.165 e. The Balaban J connectivity index is 2.19. The fraction of sp³-hybridized carbons (Fsp3) is 0.0714. The number of halogens is 2. The minimum Gasteiger partial charge on any atom is -0.384 e. The fourth-order valence-corrected chi connectivity index (χ4v) is 2.56. The van der Waals surface area contributed by atoms with Crippen LogP contribution in [0.25, 0.3) is 22.6 Å². The third-order valence-electron chi connectivity index (χ3n) is 2.93. The van der Waals surface area contributed by atoms with Gasteiger partial charge in [0.1, 0.15) is 5.82 Å². The van der Waals surface area contributed by atoms with E-state index >= 15 is 0 Å². The molecule has 0 amide bonds. The Bertz CT molecular complexity index is 793. The zero-order valence-electron chi connectivity index (χ0n) is 11.1. The first-order chi connectivity index (χ1) is 10.0. The van der Waals surface area contributed by atoms with Crippen LogP contribution in [0.1, 0.15) is 0 Å². The summed E-state index contributed by atoms with van der Waals surface area (Å²) >= 11 is 12.4. The zero-order chi connectivity index (χ0) is 15.0. The lowest BCUT2D eigenvalue weighted by Gasteiger charge is -2.08. The van der Waals surface area contributed by atoms with Crippen LogP contribution in [0.15, 0.2) is 36.7 Å². The molecular formula is C14H11Cl2N5. The number of rotatable bonds is 2. The number of aromatic nitrogens is 4. The van der Waals surface area contributed by atoms with E-state index in [1.54, 1.807) is 35.1 Å². The zero-order valence-corrected chi connectivity index (χ0v) is 12.6. The lowest BCUT2D eigenvalue weighted by atomic mass is 10.2. The molecule has 3 rings (SSSR count). The Morgan fingerprint density at radius 3 is 2.48 bits per heavy atom. The summed E-state index contributed by atoms with van der Waals surface area (Å²) in [4.78, 5) is 8.72. The van der Waals surface area contributed by atoms with Gasteiger partial charge in [-0.1, -0.05) is 29.3 Å². The quantitative estimate of drug-likeness (QED) is 0.785. The second-order valence-corrected chi connectivity index (χ2v) is 5.32. The molecule has 0 saturated carbocycles. The Hall–Kier alpha value is -2.11. The number of hydrogen-bond acceptors (Lipinski definition) is 4. The molecular weight excluding hydrogens is 309 g/mol. The lowest BCUT2D eigenvalue weighted by molar-refractivity contribution is 0.768. The van der Waals surface area contributed by atoms with E-state index in [0.717, 1.165) is 5.56 Å². The number of nitrogens with two attached hydrogens (primary N) is 1. The van der Waals surface area contributed by atoms with Crippen LogP contribution < -0.4 is 5.73 Å². The van der Waals surface area contributed by atoms with Gasteiger partial charge in [-0.05, 0) is 12.1 Å². The van der Waals surface area contributed by atoms with Crippen LogP contribution in [-0.2, 0) is 7.05 Å². The number of nitrogens with zero attached hydrogens (tertiary/aromatic N) is 4. The third kappa shape index (κ3) is 2.70. The summed E-state index contributed by atoms with van der Waals surface area (Å²) in [5.41, 5.74) is 7.96. The molecule has 0 saturated heterocycles. The average Bonchev–Trinajstić information content (AvgIpc) is 2.85. The number of aryl methyl sites for hydroxylation is 1. The summed E-state index contributed by atoms with van der Waals surface area (Å²) in [7, 11) is 1.83. The van der Waals surface area contributed by atoms with Gasteiger partial charge in [-0.15, -0.1) is 0 Å². The Morgan fingerprint density at radius 2 is 1.86 bits per heavy atom. The largest absolute Gasteiger partial charge is 0.384 e. The number of anilines is 1. The molecule has 0 aliphatic carbocycles. The van der Waals surface area contributed by atoms with Crippen molar-refractivity contribution in [1.82, 2.24) is 19.7 Å². The van der Waals surface area contributed by atoms with Crippen molar-refractivity contribution in [3.63, 3.8) is 0 Å². The minimum atomic E-state index is 0.342. The van der Waals surface area contributed by atoms with Gasteiger partial charge in [0.05, 0.1) is 27.5 Å². The van der Waals surface area contributed by atoms with Crippen LogP contribution in [0, 0.1) is 0 Å². The van der Waals surface area contributed by atoms with Crippen molar-refractivity contribution >= 4 is 29.0 Å². The maximum absolute atomic E-state index is 6.20. The predicted octanol–water partition coefficient (Wildman–Crippen LogP) is 3.43. The van der Waals surface area contributed by atoms with Crippen molar-refractivity contribution < 1.29 is 0 Å². The SMILES string of the molecule is Cn1cc(-c2cc(N)nc(-c3c(Cl)cccc3Cl)n2)cn1. The smallest absolute Gasteiger partial charge is 0.165 e. The molecule has 0 fully saturated rings. The first-order valence-electron chi connectivity index (χ1n) is 6.12. The van der Waals surface area contributed by atoms with Crippen LogP contribution in [0.4, 0.5) is 5.82 Å². The van der Waals surface area contributed by atoms with E-state index in [-0.39, 0.29) is 0 Å². The van der Waals surface area contributed by atoms with Crippen molar-refractivity contribution in [2.24, 2.45) is 7.05 Å². The van der Waals surface area contributed by atoms with Gasteiger partial charge < -0.3 is 5.73 Å². The van der Waals surface area contributed by atoms with Crippen LogP contribution >= 0.6 is 23.2 Å². The monoisotopic (exact) mass is 319 g/mol. The molecule has 2 N–H and O–H groups in total. The van der Waals surface area contributed by atoms with Crippen LogP contribution in [0.2, 0.25) is 10.0 Å².